The molecule has 28 heavy (non-hydrogen) atoms. The van der Waals surface area contributed by atoms with Crippen LogP contribution in [0.2, 0.25) is 0 Å². The summed E-state index contributed by atoms with van der Waals surface area (Å²) < 4.78 is 10.6. The third-order valence-electron chi connectivity index (χ3n) is 3.95. The van der Waals surface area contributed by atoms with Crippen molar-refractivity contribution in [3.63, 3.8) is 0 Å². The average molecular weight is 399 g/mol. The van der Waals surface area contributed by atoms with Gasteiger partial charge in [0.2, 0.25) is 0 Å². The lowest BCUT2D eigenvalue weighted by Crippen LogP contribution is -2.27. The van der Waals surface area contributed by atoms with E-state index in [0.29, 0.717) is 17.0 Å². The van der Waals surface area contributed by atoms with Gasteiger partial charge in [0.05, 0.1) is 17.7 Å². The summed E-state index contributed by atoms with van der Waals surface area (Å²) in [5.74, 6) is -0.906. The van der Waals surface area contributed by atoms with Crippen LogP contribution in [-0.2, 0) is 9.59 Å². The van der Waals surface area contributed by atoms with Crippen LogP contribution in [0.3, 0.4) is 0 Å². The molecule has 1 aliphatic heterocycles. The van der Waals surface area contributed by atoms with Crippen molar-refractivity contribution in [2.75, 3.05) is 12.0 Å². The van der Waals surface area contributed by atoms with Crippen molar-refractivity contribution < 1.29 is 29.0 Å². The molecule has 1 heterocycles. The number of para-hydroxylation sites is 1. The van der Waals surface area contributed by atoms with E-state index in [-0.39, 0.29) is 15.9 Å². The fraction of sp³-hybridized carbons (Fsp3) is 0.150. The lowest BCUT2D eigenvalue weighted by Gasteiger charge is -2.14. The van der Waals surface area contributed by atoms with E-state index in [2.05, 4.69) is 0 Å². The van der Waals surface area contributed by atoms with Crippen molar-refractivity contribution in [2.24, 2.45) is 0 Å². The molecule has 0 saturated carbocycles. The summed E-state index contributed by atoms with van der Waals surface area (Å²) in [4.78, 5) is 37.3. The van der Waals surface area contributed by atoms with Gasteiger partial charge < -0.3 is 14.6 Å². The second-order valence-electron chi connectivity index (χ2n) is 5.86. The van der Waals surface area contributed by atoms with E-state index in [4.69, 9.17) is 14.6 Å². The van der Waals surface area contributed by atoms with Gasteiger partial charge in [-0.1, -0.05) is 24.3 Å². The van der Waals surface area contributed by atoms with Crippen LogP contribution in [0, 0.1) is 0 Å². The van der Waals surface area contributed by atoms with Crippen molar-refractivity contribution >= 4 is 40.6 Å². The van der Waals surface area contributed by atoms with Gasteiger partial charge >= 0.3 is 5.97 Å². The Labute approximate surface area is 165 Å². The first-order valence-corrected chi connectivity index (χ1v) is 9.13. The summed E-state index contributed by atoms with van der Waals surface area (Å²) >= 11 is 0.852. The summed E-state index contributed by atoms with van der Waals surface area (Å²) in [6, 6.07) is 13.5. The number of thioether (sulfide) groups is 1. The standard InChI is InChI=1S/C20H17NO6S/c1-12(19(23)24)27-15-9-8-13(10-16(15)26-2)11-17-18(22)21(20(25)28-17)14-6-4-3-5-7-14/h3-12H,1-2H3,(H,23,24)/b17-11-/t12-/m1/s1. The van der Waals surface area contributed by atoms with Crippen LogP contribution in [-0.4, -0.2) is 35.4 Å². The van der Waals surface area contributed by atoms with E-state index < -0.39 is 18.0 Å². The maximum absolute atomic E-state index is 12.7. The first-order chi connectivity index (χ1) is 13.4. The van der Waals surface area contributed by atoms with E-state index in [1.54, 1.807) is 54.6 Å². The number of hydrogen-bond acceptors (Lipinski definition) is 6. The molecule has 7 nitrogen and oxygen atoms in total. The molecule has 1 saturated heterocycles. The van der Waals surface area contributed by atoms with Crippen molar-refractivity contribution in [3.05, 3.63) is 59.0 Å². The minimum absolute atomic E-state index is 0.270. The third kappa shape index (κ3) is 4.01. The molecule has 0 aliphatic carbocycles. The predicted molar refractivity (Wildman–Crippen MR) is 106 cm³/mol. The number of nitrogens with zero attached hydrogens (tertiary/aromatic N) is 1. The molecule has 2 aromatic carbocycles. The molecule has 0 unspecified atom stereocenters. The van der Waals surface area contributed by atoms with Crippen LogP contribution in [0.25, 0.3) is 6.08 Å². The van der Waals surface area contributed by atoms with Crippen LogP contribution in [0.4, 0.5) is 10.5 Å². The highest BCUT2D eigenvalue weighted by molar-refractivity contribution is 8.19. The van der Waals surface area contributed by atoms with E-state index in [1.165, 1.54) is 14.0 Å². The number of carbonyl (C=O) groups is 3. The Kier molecular flexibility index (Phi) is 5.70. The molecule has 8 heteroatoms. The molecular weight excluding hydrogens is 382 g/mol. The number of methoxy groups -OCH3 is 1. The Balaban J connectivity index is 1.86. The molecule has 1 N–H and O–H groups in total. The molecule has 2 aromatic rings. The van der Waals surface area contributed by atoms with Crippen LogP contribution in [0.15, 0.2) is 53.4 Å². The normalized spacial score (nSPS) is 16.4. The zero-order valence-corrected chi connectivity index (χ0v) is 15.9. The maximum atomic E-state index is 12.7. The molecular formula is C20H17NO6S. The number of benzene rings is 2. The van der Waals surface area contributed by atoms with Gasteiger partial charge in [0.25, 0.3) is 11.1 Å². The van der Waals surface area contributed by atoms with E-state index in [9.17, 15) is 14.4 Å². The van der Waals surface area contributed by atoms with Gasteiger partial charge in [-0.15, -0.1) is 0 Å². The van der Waals surface area contributed by atoms with Crippen molar-refractivity contribution in [2.45, 2.75) is 13.0 Å². The second kappa shape index (κ2) is 8.18. The highest BCUT2D eigenvalue weighted by Gasteiger charge is 2.36. The van der Waals surface area contributed by atoms with Gasteiger partial charge in [0, 0.05) is 0 Å². The van der Waals surface area contributed by atoms with Gasteiger partial charge in [-0.2, -0.15) is 0 Å². The van der Waals surface area contributed by atoms with Gasteiger partial charge in [-0.3, -0.25) is 9.59 Å². The van der Waals surface area contributed by atoms with E-state index in [1.807, 2.05) is 0 Å². The predicted octanol–water partition coefficient (Wildman–Crippen LogP) is 3.79. The summed E-state index contributed by atoms with van der Waals surface area (Å²) in [7, 11) is 1.43. The molecule has 1 fully saturated rings. The zero-order chi connectivity index (χ0) is 20.3. The number of ether oxygens (including phenoxy) is 2. The summed E-state index contributed by atoms with van der Waals surface area (Å²) in [5.41, 5.74) is 1.13. The number of imide groups is 1. The van der Waals surface area contributed by atoms with Gasteiger partial charge in [0.1, 0.15) is 0 Å². The van der Waals surface area contributed by atoms with Crippen molar-refractivity contribution in [1.82, 2.24) is 0 Å². The maximum Gasteiger partial charge on any atom is 0.344 e. The third-order valence-corrected chi connectivity index (χ3v) is 4.81. The summed E-state index contributed by atoms with van der Waals surface area (Å²) in [5, 5.41) is 8.60. The minimum Gasteiger partial charge on any atom is -0.493 e. The van der Waals surface area contributed by atoms with Gasteiger partial charge in [-0.05, 0) is 54.6 Å². The monoisotopic (exact) mass is 399 g/mol. The molecule has 0 bridgehead atoms. The Morgan fingerprint density at radius 1 is 1.14 bits per heavy atom. The molecule has 144 valence electrons. The van der Waals surface area contributed by atoms with Crippen LogP contribution < -0.4 is 14.4 Å². The Bertz CT molecular complexity index is 956. The number of amides is 2. The zero-order valence-electron chi connectivity index (χ0n) is 15.1. The number of carboxylic acids is 1. The van der Waals surface area contributed by atoms with Crippen molar-refractivity contribution in [1.29, 1.82) is 0 Å². The van der Waals surface area contributed by atoms with Crippen molar-refractivity contribution in [3.8, 4) is 11.5 Å². The van der Waals surface area contributed by atoms with Crippen LogP contribution in [0.1, 0.15) is 12.5 Å². The number of carboxylic acid groups (broad SMARTS) is 1. The molecule has 3 rings (SSSR count). The minimum atomic E-state index is -1.10. The van der Waals surface area contributed by atoms with Gasteiger partial charge in [-0.25, -0.2) is 9.69 Å². The molecule has 0 aromatic heterocycles. The Morgan fingerprint density at radius 3 is 2.50 bits per heavy atom. The van der Waals surface area contributed by atoms with Gasteiger partial charge in [0.15, 0.2) is 17.6 Å². The highest BCUT2D eigenvalue weighted by atomic mass is 32.2. The highest BCUT2D eigenvalue weighted by Crippen LogP contribution is 2.37. The Morgan fingerprint density at radius 2 is 1.86 bits per heavy atom. The topological polar surface area (TPSA) is 93.1 Å². The lowest BCUT2D eigenvalue weighted by atomic mass is 10.1. The molecule has 0 radical (unpaired) electrons. The number of aliphatic carboxylic acids is 1. The largest absolute Gasteiger partial charge is 0.493 e. The number of anilines is 1. The number of carbonyl (C=O) groups excluding carboxylic acids is 2. The van der Waals surface area contributed by atoms with Crippen LogP contribution >= 0.6 is 11.8 Å². The second-order valence-corrected chi connectivity index (χ2v) is 6.85. The summed E-state index contributed by atoms with van der Waals surface area (Å²) in [6.07, 6.45) is 0.544. The van der Waals surface area contributed by atoms with Crippen LogP contribution in [0.5, 0.6) is 11.5 Å². The van der Waals surface area contributed by atoms with E-state index >= 15 is 0 Å². The van der Waals surface area contributed by atoms with E-state index in [0.717, 1.165) is 16.7 Å². The molecule has 1 atom stereocenters. The number of hydrogen-bond donors (Lipinski definition) is 1. The fourth-order valence-corrected chi connectivity index (χ4v) is 3.37. The Hall–Kier alpha value is -3.26. The first kappa shape index (κ1) is 19.5. The number of rotatable bonds is 6. The summed E-state index contributed by atoms with van der Waals surface area (Å²) in [6.45, 7) is 1.41. The molecule has 0 spiro atoms. The SMILES string of the molecule is COc1cc(/C=C2\SC(=O)N(c3ccccc3)C2=O)ccc1O[C@H](C)C(=O)O. The fourth-order valence-electron chi connectivity index (χ4n) is 2.53. The molecule has 1 aliphatic rings. The average Bonchev–Trinajstić information content (AvgIpc) is 2.96. The molecule has 2 amide bonds. The smallest absolute Gasteiger partial charge is 0.344 e. The first-order valence-electron chi connectivity index (χ1n) is 8.31. The lowest BCUT2D eigenvalue weighted by molar-refractivity contribution is -0.144. The quantitative estimate of drug-likeness (QED) is 0.739.